The number of benzene rings is 2. The first kappa shape index (κ1) is 22.8. The molecule has 0 fully saturated rings. The average Bonchev–Trinajstić information content (AvgIpc) is 3.21. The number of aryl methyl sites for hydroxylation is 1. The summed E-state index contributed by atoms with van der Waals surface area (Å²) in [5.74, 6) is 0.232. The molecule has 1 aliphatic carbocycles. The fourth-order valence-electron chi connectivity index (χ4n) is 4.32. The molecule has 5 nitrogen and oxygen atoms in total. The van der Waals surface area contributed by atoms with Gasteiger partial charge in [0.25, 0.3) is 5.56 Å². The zero-order chi connectivity index (χ0) is 23.8. The highest BCUT2D eigenvalue weighted by molar-refractivity contribution is 7.98. The van der Waals surface area contributed by atoms with Gasteiger partial charge >= 0.3 is 5.97 Å². The second kappa shape index (κ2) is 9.35. The minimum atomic E-state index is -0.465. The largest absolute Gasteiger partial charge is 0.465 e. The van der Waals surface area contributed by atoms with Crippen LogP contribution in [0.25, 0.3) is 15.9 Å². The summed E-state index contributed by atoms with van der Waals surface area (Å²) in [4.78, 5) is 32.3. The molecule has 0 aliphatic heterocycles. The molecule has 0 N–H and O–H groups in total. The molecule has 2 aromatic carbocycles. The molecule has 1 unspecified atom stereocenters. The van der Waals surface area contributed by atoms with E-state index < -0.39 is 11.8 Å². The molecule has 0 radical (unpaired) electrons. The van der Waals surface area contributed by atoms with Gasteiger partial charge in [-0.05, 0) is 60.6 Å². The molecule has 4 aromatic rings. The van der Waals surface area contributed by atoms with E-state index in [9.17, 15) is 14.0 Å². The maximum Gasteiger partial charge on any atom is 0.337 e. The van der Waals surface area contributed by atoms with Crippen LogP contribution in [0.5, 0.6) is 0 Å². The SMILES string of the molecule is COC(=O)c1ccc(CSc2nc3sc4c(c3c(=O)n2-c2ccccc2F)CCC(C)C4)cc1. The van der Waals surface area contributed by atoms with Gasteiger partial charge in [-0.25, -0.2) is 14.2 Å². The van der Waals surface area contributed by atoms with Crippen LogP contribution < -0.4 is 5.56 Å². The third-order valence-electron chi connectivity index (χ3n) is 6.13. The number of esters is 1. The van der Waals surface area contributed by atoms with Crippen LogP contribution in [0.4, 0.5) is 4.39 Å². The summed E-state index contributed by atoms with van der Waals surface area (Å²) in [6, 6.07) is 13.4. The molecule has 0 bridgehead atoms. The number of thioether (sulfide) groups is 1. The highest BCUT2D eigenvalue weighted by atomic mass is 32.2. The molecule has 0 amide bonds. The Kier molecular flexibility index (Phi) is 6.27. The van der Waals surface area contributed by atoms with Crippen molar-refractivity contribution < 1.29 is 13.9 Å². The molecule has 2 aromatic heterocycles. The number of nitrogens with zero attached hydrogens (tertiary/aromatic N) is 2. The van der Waals surface area contributed by atoms with Crippen molar-refractivity contribution in [2.75, 3.05) is 7.11 Å². The van der Waals surface area contributed by atoms with Crippen molar-refractivity contribution in [2.45, 2.75) is 37.1 Å². The van der Waals surface area contributed by atoms with Crippen LogP contribution in [-0.2, 0) is 23.3 Å². The molecule has 1 atom stereocenters. The van der Waals surface area contributed by atoms with Gasteiger partial charge in [0.15, 0.2) is 5.16 Å². The van der Waals surface area contributed by atoms with Crippen molar-refractivity contribution in [3.63, 3.8) is 0 Å². The van der Waals surface area contributed by atoms with Gasteiger partial charge in [0.1, 0.15) is 10.6 Å². The van der Waals surface area contributed by atoms with Crippen LogP contribution in [0.2, 0.25) is 0 Å². The Morgan fingerprint density at radius 2 is 2.00 bits per heavy atom. The zero-order valence-electron chi connectivity index (χ0n) is 18.8. The molecular formula is C26H23FN2O3S2. The highest BCUT2D eigenvalue weighted by Gasteiger charge is 2.25. The van der Waals surface area contributed by atoms with E-state index in [0.29, 0.717) is 27.8 Å². The van der Waals surface area contributed by atoms with Crippen LogP contribution >= 0.6 is 23.1 Å². The van der Waals surface area contributed by atoms with Gasteiger partial charge in [-0.3, -0.25) is 9.36 Å². The highest BCUT2D eigenvalue weighted by Crippen LogP contribution is 2.37. The lowest BCUT2D eigenvalue weighted by Gasteiger charge is -2.18. The van der Waals surface area contributed by atoms with Crippen molar-refractivity contribution in [2.24, 2.45) is 5.92 Å². The van der Waals surface area contributed by atoms with Gasteiger partial charge in [-0.2, -0.15) is 0 Å². The Morgan fingerprint density at radius 1 is 1.24 bits per heavy atom. The van der Waals surface area contributed by atoms with Crippen molar-refractivity contribution in [3.8, 4) is 5.69 Å². The van der Waals surface area contributed by atoms with E-state index >= 15 is 0 Å². The molecule has 174 valence electrons. The average molecular weight is 495 g/mol. The maximum atomic E-state index is 14.8. The van der Waals surface area contributed by atoms with Crippen LogP contribution in [0.15, 0.2) is 58.5 Å². The number of hydrogen-bond acceptors (Lipinski definition) is 6. The number of thiophene rings is 1. The first-order valence-corrected chi connectivity index (χ1v) is 12.9. The van der Waals surface area contributed by atoms with Crippen molar-refractivity contribution in [1.29, 1.82) is 0 Å². The lowest BCUT2D eigenvalue weighted by atomic mass is 9.89. The van der Waals surface area contributed by atoms with Gasteiger partial charge in [0.05, 0.1) is 23.7 Å². The van der Waals surface area contributed by atoms with E-state index in [0.717, 1.165) is 35.2 Å². The second-order valence-electron chi connectivity index (χ2n) is 8.50. The number of rotatable bonds is 5. The standard InChI is InChI=1S/C26H23FN2O3S2/c1-15-7-12-18-21(13-15)34-23-22(18)24(30)29(20-6-4-3-5-19(20)27)26(28-23)33-14-16-8-10-17(11-9-16)25(31)32-2/h3-6,8-11,15H,7,12-14H2,1-2H3. The fourth-order valence-corrected chi connectivity index (χ4v) is 6.70. The predicted molar refractivity (Wildman–Crippen MR) is 134 cm³/mol. The summed E-state index contributed by atoms with van der Waals surface area (Å²) in [6.45, 7) is 2.23. The summed E-state index contributed by atoms with van der Waals surface area (Å²) in [5, 5.41) is 1.08. The van der Waals surface area contributed by atoms with Crippen molar-refractivity contribution >= 4 is 39.3 Å². The Bertz CT molecular complexity index is 1440. The number of aromatic nitrogens is 2. The monoisotopic (exact) mass is 494 g/mol. The van der Waals surface area contributed by atoms with Gasteiger partial charge in [-0.15, -0.1) is 11.3 Å². The normalized spacial score (nSPS) is 15.3. The third-order valence-corrected chi connectivity index (χ3v) is 8.29. The van der Waals surface area contributed by atoms with Gasteiger partial charge < -0.3 is 4.74 Å². The Morgan fingerprint density at radius 3 is 2.74 bits per heavy atom. The molecule has 5 rings (SSSR count). The van der Waals surface area contributed by atoms with Crippen LogP contribution in [0.1, 0.15) is 39.7 Å². The van der Waals surface area contributed by atoms with E-state index in [1.807, 2.05) is 12.1 Å². The topological polar surface area (TPSA) is 61.2 Å². The van der Waals surface area contributed by atoms with Gasteiger partial charge in [0, 0.05) is 10.6 Å². The molecular weight excluding hydrogens is 471 g/mol. The number of para-hydroxylation sites is 1. The van der Waals surface area contributed by atoms with Gasteiger partial charge in [-0.1, -0.05) is 43.0 Å². The van der Waals surface area contributed by atoms with E-state index in [1.54, 1.807) is 41.7 Å². The molecule has 0 saturated carbocycles. The second-order valence-corrected chi connectivity index (χ2v) is 10.5. The van der Waals surface area contributed by atoms with E-state index in [1.165, 1.54) is 34.4 Å². The lowest BCUT2D eigenvalue weighted by molar-refractivity contribution is 0.0600. The third kappa shape index (κ3) is 4.16. The summed E-state index contributed by atoms with van der Waals surface area (Å²) in [6.07, 6.45) is 2.84. The number of carbonyl (C=O) groups is 1. The molecule has 0 spiro atoms. The van der Waals surface area contributed by atoms with Gasteiger partial charge in [0.2, 0.25) is 0 Å². The predicted octanol–water partition coefficient (Wildman–Crippen LogP) is 5.79. The van der Waals surface area contributed by atoms with Crippen LogP contribution in [-0.4, -0.2) is 22.6 Å². The quantitative estimate of drug-likeness (QED) is 0.200. The Labute approximate surface area is 204 Å². The minimum absolute atomic E-state index is 0.203. The number of fused-ring (bicyclic) bond motifs is 3. The number of hydrogen-bond donors (Lipinski definition) is 0. The smallest absolute Gasteiger partial charge is 0.337 e. The molecule has 34 heavy (non-hydrogen) atoms. The maximum absolute atomic E-state index is 14.8. The summed E-state index contributed by atoms with van der Waals surface area (Å²) >= 11 is 2.96. The fraction of sp³-hybridized carbons (Fsp3) is 0.269. The number of halogens is 1. The Hall–Kier alpha value is -2.97. The van der Waals surface area contributed by atoms with E-state index in [2.05, 4.69) is 6.92 Å². The zero-order valence-corrected chi connectivity index (χ0v) is 20.5. The summed E-state index contributed by atoms with van der Waals surface area (Å²) in [5.41, 5.74) is 2.49. The Balaban J connectivity index is 1.59. The number of carbonyl (C=O) groups excluding carboxylic acids is 1. The lowest BCUT2D eigenvalue weighted by Crippen LogP contribution is -2.23. The first-order chi connectivity index (χ1) is 16.5. The van der Waals surface area contributed by atoms with E-state index in [-0.39, 0.29) is 11.2 Å². The molecule has 2 heterocycles. The molecule has 8 heteroatoms. The van der Waals surface area contributed by atoms with Crippen molar-refractivity contribution in [1.82, 2.24) is 9.55 Å². The van der Waals surface area contributed by atoms with Crippen molar-refractivity contribution in [3.05, 3.63) is 86.3 Å². The summed E-state index contributed by atoms with van der Waals surface area (Å²) in [7, 11) is 1.35. The minimum Gasteiger partial charge on any atom is -0.465 e. The first-order valence-electron chi connectivity index (χ1n) is 11.1. The van der Waals surface area contributed by atoms with Crippen LogP contribution in [0, 0.1) is 11.7 Å². The number of ether oxygens (including phenoxy) is 1. The van der Waals surface area contributed by atoms with E-state index in [4.69, 9.17) is 9.72 Å². The molecule has 0 saturated heterocycles. The summed E-state index contributed by atoms with van der Waals surface area (Å²) < 4.78 is 21.0. The molecule has 1 aliphatic rings. The van der Waals surface area contributed by atoms with Crippen LogP contribution in [0.3, 0.4) is 0 Å². The number of methoxy groups -OCH3 is 1.